The molecule has 1 aliphatic rings. The Morgan fingerprint density at radius 2 is 2.15 bits per heavy atom. The summed E-state index contributed by atoms with van der Waals surface area (Å²) in [5.74, 6) is 2.72. The van der Waals surface area contributed by atoms with Gasteiger partial charge in [0.15, 0.2) is 0 Å². The highest BCUT2D eigenvalue weighted by Crippen LogP contribution is 2.24. The molecule has 0 saturated carbocycles. The molecule has 0 unspecified atom stereocenters. The Kier molecular flexibility index (Phi) is 3.85. The van der Waals surface area contributed by atoms with Crippen molar-refractivity contribution >= 4 is 16.5 Å². The molecule has 0 bridgehead atoms. The summed E-state index contributed by atoms with van der Waals surface area (Å²) in [5.41, 5.74) is 1.19. The molecular weight excluding hydrogens is 246 g/mol. The van der Waals surface area contributed by atoms with Gasteiger partial charge < -0.3 is 5.32 Å². The van der Waals surface area contributed by atoms with Crippen molar-refractivity contribution in [1.29, 1.82) is 0 Å². The van der Waals surface area contributed by atoms with Crippen LogP contribution in [0.1, 0.15) is 12.8 Å². The van der Waals surface area contributed by atoms with E-state index in [4.69, 9.17) is 6.42 Å². The topological polar surface area (TPSA) is 28.2 Å². The van der Waals surface area contributed by atoms with Crippen LogP contribution >= 0.6 is 0 Å². The maximum atomic E-state index is 5.37. The number of anilines is 1. The summed E-state index contributed by atoms with van der Waals surface area (Å²) in [6, 6.07) is 8.93. The van der Waals surface area contributed by atoms with E-state index >= 15 is 0 Å². The maximum absolute atomic E-state index is 5.37. The van der Waals surface area contributed by atoms with Crippen LogP contribution in [0, 0.1) is 12.3 Å². The van der Waals surface area contributed by atoms with E-state index in [1.165, 1.54) is 16.5 Å². The zero-order valence-electron chi connectivity index (χ0n) is 11.5. The molecule has 3 rings (SSSR count). The number of hydrogen-bond acceptors (Lipinski definition) is 3. The van der Waals surface area contributed by atoms with E-state index < -0.39 is 0 Å². The highest BCUT2D eigenvalue weighted by molar-refractivity contribution is 5.93. The van der Waals surface area contributed by atoms with Crippen molar-refractivity contribution in [1.82, 2.24) is 9.88 Å². The molecule has 1 aromatic heterocycles. The summed E-state index contributed by atoms with van der Waals surface area (Å²) in [7, 11) is 0. The van der Waals surface area contributed by atoms with Crippen molar-refractivity contribution in [3.05, 3.63) is 36.7 Å². The Morgan fingerprint density at radius 1 is 1.30 bits per heavy atom. The van der Waals surface area contributed by atoms with Gasteiger partial charge in [-0.1, -0.05) is 18.1 Å². The number of pyridine rings is 1. The number of piperidine rings is 1. The number of likely N-dealkylation sites (tertiary alicyclic amines) is 1. The lowest BCUT2D eigenvalue weighted by Crippen LogP contribution is -2.39. The predicted molar refractivity (Wildman–Crippen MR) is 83.7 cm³/mol. The fraction of sp³-hybridized carbons (Fsp3) is 0.353. The number of terminal acetylenes is 1. The molecule has 20 heavy (non-hydrogen) atoms. The summed E-state index contributed by atoms with van der Waals surface area (Å²) in [4.78, 5) is 6.57. The van der Waals surface area contributed by atoms with Crippen LogP contribution < -0.4 is 5.32 Å². The van der Waals surface area contributed by atoms with Gasteiger partial charge in [0.25, 0.3) is 0 Å². The van der Waals surface area contributed by atoms with Gasteiger partial charge in [0, 0.05) is 42.6 Å². The van der Waals surface area contributed by atoms with Gasteiger partial charge in [0.2, 0.25) is 0 Å². The molecule has 1 fully saturated rings. The molecule has 2 aromatic rings. The van der Waals surface area contributed by atoms with Crippen molar-refractivity contribution in [3.8, 4) is 12.3 Å². The molecule has 1 N–H and O–H groups in total. The minimum absolute atomic E-state index is 0.523. The molecular formula is C17H19N3. The minimum Gasteiger partial charge on any atom is -0.382 e. The molecule has 1 aromatic carbocycles. The van der Waals surface area contributed by atoms with E-state index in [0.29, 0.717) is 6.04 Å². The average Bonchev–Trinajstić information content (AvgIpc) is 2.50. The number of hydrogen-bond donors (Lipinski definition) is 1. The number of benzene rings is 1. The van der Waals surface area contributed by atoms with Crippen LogP contribution in [0.25, 0.3) is 10.8 Å². The van der Waals surface area contributed by atoms with E-state index in [0.717, 1.165) is 32.5 Å². The zero-order valence-corrected chi connectivity index (χ0v) is 11.5. The minimum atomic E-state index is 0.523. The number of nitrogens with zero attached hydrogens (tertiary/aromatic N) is 2. The first-order valence-corrected chi connectivity index (χ1v) is 7.12. The van der Waals surface area contributed by atoms with Gasteiger partial charge in [-0.3, -0.25) is 9.88 Å². The van der Waals surface area contributed by atoms with E-state index in [1.807, 2.05) is 12.4 Å². The molecule has 0 aliphatic carbocycles. The standard InChI is InChI=1S/C17H19N3/c1-2-10-20-11-7-15(8-12-20)19-17-5-3-4-14-6-9-18-13-16(14)17/h1,3-6,9,13,15,19H,7-8,10-12H2. The lowest BCUT2D eigenvalue weighted by atomic mass is 10.0. The van der Waals surface area contributed by atoms with Gasteiger partial charge >= 0.3 is 0 Å². The second kappa shape index (κ2) is 5.94. The van der Waals surface area contributed by atoms with E-state index in [9.17, 15) is 0 Å². The maximum Gasteiger partial charge on any atom is 0.0598 e. The Hall–Kier alpha value is -2.05. The first-order chi connectivity index (χ1) is 9.86. The number of rotatable bonds is 3. The predicted octanol–water partition coefficient (Wildman–Crippen LogP) is 2.74. The third-order valence-corrected chi connectivity index (χ3v) is 3.95. The lowest BCUT2D eigenvalue weighted by molar-refractivity contribution is 0.243. The normalized spacial score (nSPS) is 16.9. The summed E-state index contributed by atoms with van der Waals surface area (Å²) < 4.78 is 0. The molecule has 2 heterocycles. The molecule has 1 saturated heterocycles. The first-order valence-electron chi connectivity index (χ1n) is 7.12. The Morgan fingerprint density at radius 3 is 2.95 bits per heavy atom. The van der Waals surface area contributed by atoms with Gasteiger partial charge in [-0.05, 0) is 30.4 Å². The highest BCUT2D eigenvalue weighted by atomic mass is 15.1. The monoisotopic (exact) mass is 265 g/mol. The lowest BCUT2D eigenvalue weighted by Gasteiger charge is -2.31. The first kappa shape index (κ1) is 13.0. The second-order valence-corrected chi connectivity index (χ2v) is 5.30. The fourth-order valence-electron chi connectivity index (χ4n) is 2.82. The average molecular weight is 265 g/mol. The van der Waals surface area contributed by atoms with E-state index in [2.05, 4.69) is 45.4 Å². The third kappa shape index (κ3) is 2.76. The van der Waals surface area contributed by atoms with Crippen LogP contribution in [0.2, 0.25) is 0 Å². The van der Waals surface area contributed by atoms with Gasteiger partial charge in [-0.2, -0.15) is 0 Å². The number of aromatic nitrogens is 1. The van der Waals surface area contributed by atoms with Crippen molar-refractivity contribution < 1.29 is 0 Å². The molecule has 0 amide bonds. The third-order valence-electron chi connectivity index (χ3n) is 3.95. The van der Waals surface area contributed by atoms with Crippen molar-refractivity contribution in [2.75, 3.05) is 25.0 Å². The van der Waals surface area contributed by atoms with Crippen molar-refractivity contribution in [2.45, 2.75) is 18.9 Å². The Balaban J connectivity index is 1.70. The molecule has 1 aliphatic heterocycles. The van der Waals surface area contributed by atoms with Crippen LogP contribution in [0.5, 0.6) is 0 Å². The van der Waals surface area contributed by atoms with Crippen LogP contribution in [0.3, 0.4) is 0 Å². The van der Waals surface area contributed by atoms with E-state index in [1.54, 1.807) is 0 Å². The van der Waals surface area contributed by atoms with Gasteiger partial charge in [0.1, 0.15) is 0 Å². The summed E-state index contributed by atoms with van der Waals surface area (Å²) >= 11 is 0. The molecule has 0 radical (unpaired) electrons. The van der Waals surface area contributed by atoms with Gasteiger partial charge in [-0.15, -0.1) is 6.42 Å². The highest BCUT2D eigenvalue weighted by Gasteiger charge is 2.18. The fourth-order valence-corrected chi connectivity index (χ4v) is 2.82. The molecule has 0 spiro atoms. The van der Waals surface area contributed by atoms with Crippen molar-refractivity contribution in [2.24, 2.45) is 0 Å². The van der Waals surface area contributed by atoms with Gasteiger partial charge in [0.05, 0.1) is 6.54 Å². The zero-order chi connectivity index (χ0) is 13.8. The van der Waals surface area contributed by atoms with Crippen LogP contribution in [0.15, 0.2) is 36.7 Å². The molecule has 102 valence electrons. The van der Waals surface area contributed by atoms with Crippen LogP contribution in [-0.4, -0.2) is 35.6 Å². The Bertz CT molecular complexity index is 616. The van der Waals surface area contributed by atoms with E-state index in [-0.39, 0.29) is 0 Å². The second-order valence-electron chi connectivity index (χ2n) is 5.30. The largest absolute Gasteiger partial charge is 0.382 e. The van der Waals surface area contributed by atoms with Crippen LogP contribution in [0.4, 0.5) is 5.69 Å². The summed E-state index contributed by atoms with van der Waals surface area (Å²) in [5, 5.41) is 6.09. The van der Waals surface area contributed by atoms with Crippen LogP contribution in [-0.2, 0) is 0 Å². The Labute approximate surface area is 120 Å². The summed E-state index contributed by atoms with van der Waals surface area (Å²) in [6.45, 7) is 2.92. The number of fused-ring (bicyclic) bond motifs is 1. The smallest absolute Gasteiger partial charge is 0.0598 e. The number of nitrogens with one attached hydrogen (secondary N) is 1. The summed E-state index contributed by atoms with van der Waals surface area (Å²) in [6.07, 6.45) is 11.4. The van der Waals surface area contributed by atoms with Gasteiger partial charge in [-0.25, -0.2) is 0 Å². The molecule has 0 atom stereocenters. The molecule has 3 nitrogen and oxygen atoms in total. The SMILES string of the molecule is C#CCN1CCC(Nc2cccc3ccncc23)CC1. The van der Waals surface area contributed by atoms with Crippen molar-refractivity contribution in [3.63, 3.8) is 0 Å². The molecule has 3 heteroatoms. The quantitative estimate of drug-likeness (QED) is 0.865.